The van der Waals surface area contributed by atoms with Crippen molar-refractivity contribution >= 4 is 44.7 Å². The van der Waals surface area contributed by atoms with E-state index < -0.39 is 14.9 Å². The van der Waals surface area contributed by atoms with Gasteiger partial charge in [0.05, 0.1) is 15.4 Å². The SMILES string of the molecule is O=[N+]([O-])c1cccc(-c2c(Cl)ncnc2NS(=O)(=O)c2ccc(Cl)cc2)c1. The van der Waals surface area contributed by atoms with E-state index in [0.29, 0.717) is 10.6 Å². The Kier molecular flexibility index (Phi) is 5.26. The molecule has 0 aliphatic heterocycles. The van der Waals surface area contributed by atoms with Crippen molar-refractivity contribution in [1.82, 2.24) is 9.97 Å². The van der Waals surface area contributed by atoms with Crippen molar-refractivity contribution in [2.45, 2.75) is 4.90 Å². The number of aromatic nitrogens is 2. The summed E-state index contributed by atoms with van der Waals surface area (Å²) in [6.45, 7) is 0. The molecular weight excluding hydrogens is 415 g/mol. The van der Waals surface area contributed by atoms with Crippen LogP contribution in [0, 0.1) is 10.1 Å². The quantitative estimate of drug-likeness (QED) is 0.373. The predicted octanol–water partition coefficient (Wildman–Crippen LogP) is 4.16. The summed E-state index contributed by atoms with van der Waals surface area (Å²) < 4.78 is 27.6. The number of benzene rings is 2. The van der Waals surface area contributed by atoms with Crippen LogP contribution in [-0.2, 0) is 10.0 Å². The number of halogens is 2. The Bertz CT molecular complexity index is 1120. The number of rotatable bonds is 5. The third kappa shape index (κ3) is 4.16. The smallest absolute Gasteiger partial charge is 0.263 e. The van der Waals surface area contributed by atoms with Crippen molar-refractivity contribution in [3.63, 3.8) is 0 Å². The van der Waals surface area contributed by atoms with Gasteiger partial charge in [-0.25, -0.2) is 18.4 Å². The topological polar surface area (TPSA) is 115 Å². The molecular formula is C16H10Cl2N4O4S. The van der Waals surface area contributed by atoms with Gasteiger partial charge in [-0.05, 0) is 29.8 Å². The number of nitrogens with one attached hydrogen (secondary N) is 1. The molecule has 0 saturated carbocycles. The fourth-order valence-corrected chi connectivity index (χ4v) is 3.66. The van der Waals surface area contributed by atoms with Gasteiger partial charge in [-0.1, -0.05) is 35.3 Å². The van der Waals surface area contributed by atoms with Crippen LogP contribution in [0.15, 0.2) is 59.8 Å². The molecule has 3 rings (SSSR count). The zero-order valence-corrected chi connectivity index (χ0v) is 15.7. The lowest BCUT2D eigenvalue weighted by Gasteiger charge is -2.12. The molecule has 0 radical (unpaired) electrons. The van der Waals surface area contributed by atoms with Crippen molar-refractivity contribution < 1.29 is 13.3 Å². The van der Waals surface area contributed by atoms with Crippen molar-refractivity contribution in [2.24, 2.45) is 0 Å². The molecule has 0 aliphatic carbocycles. The van der Waals surface area contributed by atoms with Gasteiger partial charge in [-0.3, -0.25) is 14.8 Å². The normalized spacial score (nSPS) is 11.2. The minimum Gasteiger partial charge on any atom is -0.263 e. The third-order valence-corrected chi connectivity index (χ3v) is 5.40. The molecule has 0 atom stereocenters. The van der Waals surface area contributed by atoms with Crippen LogP contribution in [0.25, 0.3) is 11.1 Å². The number of sulfonamides is 1. The standard InChI is InChI=1S/C16H10Cl2N4O4S/c17-11-4-6-13(7-5-11)27(25,26)21-16-14(15(18)19-9-20-16)10-2-1-3-12(8-10)22(23)24/h1-9H,(H,19,20,21). The second-order valence-corrected chi connectivity index (χ2v) is 7.73. The minimum atomic E-state index is -4.00. The van der Waals surface area contributed by atoms with Gasteiger partial charge < -0.3 is 0 Å². The highest BCUT2D eigenvalue weighted by Crippen LogP contribution is 2.34. The lowest BCUT2D eigenvalue weighted by Crippen LogP contribution is -2.15. The van der Waals surface area contributed by atoms with E-state index in [2.05, 4.69) is 14.7 Å². The molecule has 0 aliphatic rings. The molecule has 138 valence electrons. The van der Waals surface area contributed by atoms with E-state index in [9.17, 15) is 18.5 Å². The number of anilines is 1. The highest BCUT2D eigenvalue weighted by Gasteiger charge is 2.21. The van der Waals surface area contributed by atoms with Crippen LogP contribution in [0.5, 0.6) is 0 Å². The Morgan fingerprint density at radius 3 is 2.41 bits per heavy atom. The molecule has 1 N–H and O–H groups in total. The maximum Gasteiger partial charge on any atom is 0.270 e. The van der Waals surface area contributed by atoms with Crippen LogP contribution in [-0.4, -0.2) is 23.3 Å². The molecule has 27 heavy (non-hydrogen) atoms. The molecule has 0 fully saturated rings. The van der Waals surface area contributed by atoms with Gasteiger partial charge in [0.2, 0.25) is 0 Å². The number of hydrogen-bond acceptors (Lipinski definition) is 6. The van der Waals surface area contributed by atoms with E-state index >= 15 is 0 Å². The summed E-state index contributed by atoms with van der Waals surface area (Å²) in [6.07, 6.45) is 1.09. The maximum absolute atomic E-state index is 12.6. The summed E-state index contributed by atoms with van der Waals surface area (Å²) in [7, 11) is -4.00. The lowest BCUT2D eigenvalue weighted by atomic mass is 10.1. The van der Waals surface area contributed by atoms with Crippen LogP contribution in [0.3, 0.4) is 0 Å². The van der Waals surface area contributed by atoms with Gasteiger partial charge >= 0.3 is 0 Å². The molecule has 0 spiro atoms. The molecule has 0 unspecified atom stereocenters. The van der Waals surface area contributed by atoms with Crippen molar-refractivity contribution in [3.8, 4) is 11.1 Å². The zero-order valence-electron chi connectivity index (χ0n) is 13.3. The van der Waals surface area contributed by atoms with E-state index in [4.69, 9.17) is 23.2 Å². The molecule has 1 aromatic heterocycles. The van der Waals surface area contributed by atoms with Crippen LogP contribution < -0.4 is 4.72 Å². The van der Waals surface area contributed by atoms with Gasteiger partial charge in [-0.15, -0.1) is 0 Å². The summed E-state index contributed by atoms with van der Waals surface area (Å²) in [5.74, 6) is -0.106. The summed E-state index contributed by atoms with van der Waals surface area (Å²) in [4.78, 5) is 18.2. The average molecular weight is 425 g/mol. The summed E-state index contributed by atoms with van der Waals surface area (Å²) in [5, 5.41) is 11.3. The highest BCUT2D eigenvalue weighted by molar-refractivity contribution is 7.92. The molecule has 11 heteroatoms. The maximum atomic E-state index is 12.6. The summed E-state index contributed by atoms with van der Waals surface area (Å²) >= 11 is 11.9. The second-order valence-electron chi connectivity index (χ2n) is 5.25. The lowest BCUT2D eigenvalue weighted by molar-refractivity contribution is -0.384. The van der Waals surface area contributed by atoms with Crippen molar-refractivity contribution in [2.75, 3.05) is 4.72 Å². The first-order valence-corrected chi connectivity index (χ1v) is 9.55. The van der Waals surface area contributed by atoms with Crippen LogP contribution >= 0.6 is 23.2 Å². The first-order chi connectivity index (χ1) is 12.8. The Labute approximate surface area is 164 Å². The number of nitro benzene ring substituents is 1. The van der Waals surface area contributed by atoms with Crippen LogP contribution in [0.2, 0.25) is 10.2 Å². The van der Waals surface area contributed by atoms with Gasteiger partial charge in [0, 0.05) is 17.2 Å². The fourth-order valence-electron chi connectivity index (χ4n) is 2.27. The Morgan fingerprint density at radius 1 is 1.04 bits per heavy atom. The fraction of sp³-hybridized carbons (Fsp3) is 0. The molecule has 0 bridgehead atoms. The first kappa shape index (κ1) is 19.0. The first-order valence-electron chi connectivity index (χ1n) is 7.31. The predicted molar refractivity (Wildman–Crippen MR) is 101 cm³/mol. The van der Waals surface area contributed by atoms with Gasteiger partial charge in [0.15, 0.2) is 5.82 Å². The number of nitro groups is 1. The van der Waals surface area contributed by atoms with Crippen LogP contribution in [0.1, 0.15) is 0 Å². The minimum absolute atomic E-state index is 0.0355. The van der Waals surface area contributed by atoms with E-state index in [1.807, 2.05) is 0 Å². The highest BCUT2D eigenvalue weighted by atomic mass is 35.5. The zero-order chi connectivity index (χ0) is 19.6. The molecule has 0 saturated heterocycles. The number of nitrogens with zero attached hydrogens (tertiary/aromatic N) is 3. The van der Waals surface area contributed by atoms with E-state index in [-0.39, 0.29) is 27.1 Å². The number of non-ortho nitro benzene ring substituents is 1. The monoisotopic (exact) mass is 424 g/mol. The van der Waals surface area contributed by atoms with Crippen LogP contribution in [0.4, 0.5) is 11.5 Å². The third-order valence-electron chi connectivity index (χ3n) is 3.50. The largest absolute Gasteiger partial charge is 0.270 e. The molecule has 3 aromatic rings. The second kappa shape index (κ2) is 7.47. The van der Waals surface area contributed by atoms with Gasteiger partial charge in [0.1, 0.15) is 11.5 Å². The van der Waals surface area contributed by atoms with E-state index in [0.717, 1.165) is 6.33 Å². The van der Waals surface area contributed by atoms with Crippen molar-refractivity contribution in [3.05, 3.63) is 75.1 Å². The van der Waals surface area contributed by atoms with Gasteiger partial charge in [0.25, 0.3) is 15.7 Å². The molecule has 8 nitrogen and oxygen atoms in total. The average Bonchev–Trinajstić information content (AvgIpc) is 2.62. The summed E-state index contributed by atoms with van der Waals surface area (Å²) in [5.41, 5.74) is 0.239. The Morgan fingerprint density at radius 2 is 1.74 bits per heavy atom. The van der Waals surface area contributed by atoms with Crippen molar-refractivity contribution in [1.29, 1.82) is 0 Å². The number of hydrogen-bond donors (Lipinski definition) is 1. The molecule has 1 heterocycles. The summed E-state index contributed by atoms with van der Waals surface area (Å²) in [6, 6.07) is 11.1. The van der Waals surface area contributed by atoms with E-state index in [1.165, 1.54) is 48.5 Å². The molecule has 0 amide bonds. The molecule has 2 aromatic carbocycles. The van der Waals surface area contributed by atoms with Gasteiger partial charge in [-0.2, -0.15) is 0 Å². The van der Waals surface area contributed by atoms with E-state index in [1.54, 1.807) is 0 Å². The Balaban J connectivity index is 2.08. The Hall–Kier alpha value is -2.75.